The Morgan fingerprint density at radius 1 is 0.846 bits per heavy atom. The summed E-state index contributed by atoms with van der Waals surface area (Å²) in [5, 5.41) is 34.6. The van der Waals surface area contributed by atoms with E-state index in [1.807, 2.05) is 30.3 Å². The lowest BCUT2D eigenvalue weighted by molar-refractivity contribution is -0.134. The van der Waals surface area contributed by atoms with Crippen molar-refractivity contribution < 1.29 is 34.4 Å². The van der Waals surface area contributed by atoms with E-state index in [1.54, 1.807) is 12.1 Å². The highest BCUT2D eigenvalue weighted by atomic mass is 16.5. The molecular formula is C31H31NO7. The number of carboxylic acids is 2. The van der Waals surface area contributed by atoms with E-state index in [9.17, 15) is 19.5 Å². The van der Waals surface area contributed by atoms with Gasteiger partial charge in [-0.15, -0.1) is 0 Å². The van der Waals surface area contributed by atoms with Crippen LogP contribution < -0.4 is 5.32 Å². The summed E-state index contributed by atoms with van der Waals surface area (Å²) in [4.78, 5) is 30.7. The van der Waals surface area contributed by atoms with Gasteiger partial charge >= 0.3 is 17.9 Å². The summed E-state index contributed by atoms with van der Waals surface area (Å²) in [5.74, 6) is -2.84. The van der Waals surface area contributed by atoms with E-state index in [-0.39, 0.29) is 12.0 Å². The van der Waals surface area contributed by atoms with Crippen LogP contribution in [0.3, 0.4) is 0 Å². The molecule has 0 fully saturated rings. The van der Waals surface area contributed by atoms with Crippen molar-refractivity contribution in [1.29, 1.82) is 0 Å². The summed E-state index contributed by atoms with van der Waals surface area (Å²) in [6.45, 7) is 2.56. The highest BCUT2D eigenvalue weighted by molar-refractivity contribution is 6.07. The maximum Gasteiger partial charge on any atom is 0.337 e. The minimum Gasteiger partial charge on any atom is -0.478 e. The third kappa shape index (κ3) is 8.49. The molecule has 8 heteroatoms. The Morgan fingerprint density at radius 3 is 2.05 bits per heavy atom. The van der Waals surface area contributed by atoms with E-state index in [4.69, 9.17) is 14.9 Å². The zero-order valence-electron chi connectivity index (χ0n) is 21.7. The standard InChI is InChI=1S/C27H27NO3.C4H4O4/c1-18(15-19-7-9-22(10-8-19)27(30)31-2)28-17-26(29)23-14-13-21-12-11-20-5-3-4-6-24(20)25(21)16-23;5-3(6)1-2-4(7)8/h3-14,16,18,26,28-29H,15,17H2,1-2H3;1-2H,(H,5,6)(H,7,8)/b;2-1+. The van der Waals surface area contributed by atoms with Gasteiger partial charge in [-0.3, -0.25) is 0 Å². The molecule has 0 saturated heterocycles. The van der Waals surface area contributed by atoms with Crippen LogP contribution in [0.1, 0.15) is 34.5 Å². The molecule has 0 aliphatic heterocycles. The Bertz CT molecular complexity index is 1460. The Hall–Kier alpha value is -4.53. The normalized spacial score (nSPS) is 12.5. The van der Waals surface area contributed by atoms with Crippen LogP contribution >= 0.6 is 0 Å². The van der Waals surface area contributed by atoms with Crippen molar-refractivity contribution in [2.24, 2.45) is 0 Å². The van der Waals surface area contributed by atoms with E-state index < -0.39 is 18.0 Å². The van der Waals surface area contributed by atoms with Crippen molar-refractivity contribution in [3.63, 3.8) is 0 Å². The Labute approximate surface area is 226 Å². The largest absolute Gasteiger partial charge is 0.478 e. The van der Waals surface area contributed by atoms with Crippen LogP contribution in [0.15, 0.2) is 91.0 Å². The second-order valence-corrected chi connectivity index (χ2v) is 8.99. The van der Waals surface area contributed by atoms with E-state index in [0.717, 1.165) is 22.9 Å². The van der Waals surface area contributed by atoms with E-state index >= 15 is 0 Å². The third-order valence-electron chi connectivity index (χ3n) is 6.10. The molecule has 0 heterocycles. The van der Waals surface area contributed by atoms with Gasteiger partial charge < -0.3 is 25.4 Å². The van der Waals surface area contributed by atoms with E-state index in [0.29, 0.717) is 24.3 Å². The average Bonchev–Trinajstić information content (AvgIpc) is 2.94. The van der Waals surface area contributed by atoms with Gasteiger partial charge in [0.1, 0.15) is 0 Å². The molecule has 4 rings (SSSR count). The molecule has 8 nitrogen and oxygen atoms in total. The van der Waals surface area contributed by atoms with Crippen molar-refractivity contribution in [2.45, 2.75) is 25.5 Å². The first-order valence-electron chi connectivity index (χ1n) is 12.3. The van der Waals surface area contributed by atoms with Crippen LogP contribution in [0.4, 0.5) is 0 Å². The maximum absolute atomic E-state index is 11.6. The highest BCUT2D eigenvalue weighted by Gasteiger charge is 2.12. The quantitative estimate of drug-likeness (QED) is 0.139. The SMILES string of the molecule is COC(=O)c1ccc(CC(C)NCC(O)c2ccc3ccc4ccccc4c3c2)cc1.O=C(O)/C=C/C(=O)O. The molecule has 39 heavy (non-hydrogen) atoms. The second kappa shape index (κ2) is 13.9. The molecule has 0 aromatic heterocycles. The highest BCUT2D eigenvalue weighted by Crippen LogP contribution is 2.28. The number of nitrogens with one attached hydrogen (secondary N) is 1. The number of fused-ring (bicyclic) bond motifs is 3. The van der Waals surface area contributed by atoms with Gasteiger partial charge in [-0.05, 0) is 64.2 Å². The van der Waals surface area contributed by atoms with Crippen LogP contribution in [0, 0.1) is 0 Å². The second-order valence-electron chi connectivity index (χ2n) is 8.99. The number of rotatable bonds is 9. The molecule has 0 amide bonds. The lowest BCUT2D eigenvalue weighted by atomic mass is 9.98. The van der Waals surface area contributed by atoms with Crippen molar-refractivity contribution >= 4 is 39.5 Å². The number of esters is 1. The van der Waals surface area contributed by atoms with Gasteiger partial charge in [-0.1, -0.05) is 60.7 Å². The lowest BCUT2D eigenvalue weighted by Gasteiger charge is -2.18. The number of ether oxygens (including phenoxy) is 1. The minimum atomic E-state index is -1.26. The summed E-state index contributed by atoms with van der Waals surface area (Å²) < 4.78 is 4.74. The number of carbonyl (C=O) groups is 3. The number of carbonyl (C=O) groups excluding carboxylic acids is 1. The molecule has 2 atom stereocenters. The minimum absolute atomic E-state index is 0.180. The predicted molar refractivity (Wildman–Crippen MR) is 150 cm³/mol. The number of aliphatic carboxylic acids is 2. The fourth-order valence-corrected chi connectivity index (χ4v) is 4.12. The average molecular weight is 530 g/mol. The van der Waals surface area contributed by atoms with Crippen LogP contribution in [0.2, 0.25) is 0 Å². The summed E-state index contributed by atoms with van der Waals surface area (Å²) in [6.07, 6.45) is 1.33. The van der Waals surface area contributed by atoms with Crippen molar-refractivity contribution in [1.82, 2.24) is 5.32 Å². The first kappa shape index (κ1) is 29.0. The fraction of sp³-hybridized carbons (Fsp3) is 0.194. The number of aliphatic hydroxyl groups is 1. The number of aliphatic hydroxyl groups excluding tert-OH is 1. The van der Waals surface area contributed by atoms with Gasteiger partial charge in [0.15, 0.2) is 0 Å². The number of methoxy groups -OCH3 is 1. The molecule has 4 N–H and O–H groups in total. The van der Waals surface area contributed by atoms with Crippen LogP contribution in [0.5, 0.6) is 0 Å². The van der Waals surface area contributed by atoms with Gasteiger partial charge in [0.05, 0.1) is 18.8 Å². The van der Waals surface area contributed by atoms with Crippen molar-refractivity contribution in [3.8, 4) is 0 Å². The van der Waals surface area contributed by atoms with Gasteiger partial charge in [0.2, 0.25) is 0 Å². The first-order valence-corrected chi connectivity index (χ1v) is 12.3. The fourth-order valence-electron chi connectivity index (χ4n) is 4.12. The Balaban J connectivity index is 0.000000459. The number of carboxylic acid groups (broad SMARTS) is 2. The summed E-state index contributed by atoms with van der Waals surface area (Å²) in [5.41, 5.74) is 2.58. The lowest BCUT2D eigenvalue weighted by Crippen LogP contribution is -2.32. The zero-order chi connectivity index (χ0) is 28.4. The Morgan fingerprint density at radius 2 is 1.44 bits per heavy atom. The molecule has 0 aliphatic rings. The number of hydrogen-bond acceptors (Lipinski definition) is 6. The topological polar surface area (TPSA) is 133 Å². The van der Waals surface area contributed by atoms with E-state index in [1.165, 1.54) is 23.3 Å². The molecule has 4 aromatic carbocycles. The van der Waals surface area contributed by atoms with Gasteiger partial charge in [-0.2, -0.15) is 0 Å². The van der Waals surface area contributed by atoms with Crippen LogP contribution in [-0.2, 0) is 20.7 Å². The van der Waals surface area contributed by atoms with Gasteiger partial charge in [0, 0.05) is 24.7 Å². The molecule has 0 radical (unpaired) electrons. The molecule has 4 aromatic rings. The zero-order valence-corrected chi connectivity index (χ0v) is 21.7. The molecule has 0 saturated carbocycles. The molecule has 2 unspecified atom stereocenters. The molecule has 0 bridgehead atoms. The Kier molecular flexibility index (Phi) is 10.3. The molecular weight excluding hydrogens is 498 g/mol. The van der Waals surface area contributed by atoms with Crippen molar-refractivity contribution in [2.75, 3.05) is 13.7 Å². The first-order chi connectivity index (χ1) is 18.7. The number of hydrogen-bond donors (Lipinski definition) is 4. The molecule has 0 aliphatic carbocycles. The van der Waals surface area contributed by atoms with Gasteiger partial charge in [-0.25, -0.2) is 14.4 Å². The van der Waals surface area contributed by atoms with Gasteiger partial charge in [0.25, 0.3) is 0 Å². The molecule has 0 spiro atoms. The summed E-state index contributed by atoms with van der Waals surface area (Å²) in [6, 6.07) is 26.4. The monoisotopic (exact) mass is 529 g/mol. The van der Waals surface area contributed by atoms with Crippen molar-refractivity contribution in [3.05, 3.63) is 108 Å². The van der Waals surface area contributed by atoms with Crippen LogP contribution in [-0.4, -0.2) is 52.9 Å². The van der Waals surface area contributed by atoms with Crippen LogP contribution in [0.25, 0.3) is 21.5 Å². The maximum atomic E-state index is 11.6. The third-order valence-corrected chi connectivity index (χ3v) is 6.10. The smallest absolute Gasteiger partial charge is 0.337 e. The predicted octanol–water partition coefficient (Wildman–Crippen LogP) is 4.75. The number of benzene rings is 4. The summed E-state index contributed by atoms with van der Waals surface area (Å²) >= 11 is 0. The van der Waals surface area contributed by atoms with E-state index in [2.05, 4.69) is 48.6 Å². The summed E-state index contributed by atoms with van der Waals surface area (Å²) in [7, 11) is 1.38. The molecule has 202 valence electrons.